The number of nitrogens with one attached hydrogen (secondary N) is 3. The summed E-state index contributed by atoms with van der Waals surface area (Å²) in [6.07, 6.45) is 0.785. The van der Waals surface area contributed by atoms with Gasteiger partial charge in [-0.05, 0) is 60.6 Å². The van der Waals surface area contributed by atoms with E-state index in [4.69, 9.17) is 33.3 Å². The number of carbonyl (C=O) groups excluding carboxylic acids is 1. The molecule has 0 bridgehead atoms. The molecule has 0 radical (unpaired) electrons. The normalized spacial score (nSPS) is 9.92. The average molecular weight is 394 g/mol. The zero-order valence-corrected chi connectivity index (χ0v) is 15.8. The van der Waals surface area contributed by atoms with E-state index in [1.54, 1.807) is 31.4 Å². The molecule has 0 spiro atoms. The largest absolute Gasteiger partial charge is 0.497 e. The van der Waals surface area contributed by atoms with Crippen LogP contribution in [0, 0.1) is 0 Å². The van der Waals surface area contributed by atoms with Crippen molar-refractivity contribution in [3.8, 4) is 11.5 Å². The molecule has 0 unspecified atom stereocenters. The van der Waals surface area contributed by atoms with Gasteiger partial charge in [-0.25, -0.2) is 0 Å². The quantitative estimate of drug-likeness (QED) is 0.496. The van der Waals surface area contributed by atoms with Crippen LogP contribution in [0.3, 0.4) is 0 Å². The van der Waals surface area contributed by atoms with Crippen molar-refractivity contribution in [1.29, 1.82) is 0 Å². The monoisotopic (exact) mass is 393 g/mol. The van der Waals surface area contributed by atoms with Crippen LogP contribution < -0.4 is 25.6 Å². The Kier molecular flexibility index (Phi) is 7.98. The van der Waals surface area contributed by atoms with E-state index in [1.165, 1.54) is 0 Å². The first-order valence-corrected chi connectivity index (χ1v) is 8.69. The maximum absolute atomic E-state index is 11.7. The van der Waals surface area contributed by atoms with Crippen molar-refractivity contribution in [1.82, 2.24) is 16.2 Å². The van der Waals surface area contributed by atoms with Crippen LogP contribution in [0.1, 0.15) is 5.56 Å². The second kappa shape index (κ2) is 10.5. The Hall–Kier alpha value is -2.51. The lowest BCUT2D eigenvalue weighted by Gasteiger charge is -2.12. The van der Waals surface area contributed by atoms with Crippen LogP contribution in [0.2, 0.25) is 5.02 Å². The van der Waals surface area contributed by atoms with Crippen molar-refractivity contribution in [2.45, 2.75) is 6.42 Å². The van der Waals surface area contributed by atoms with Crippen molar-refractivity contribution < 1.29 is 14.3 Å². The second-order valence-corrected chi connectivity index (χ2v) is 6.11. The van der Waals surface area contributed by atoms with Crippen molar-refractivity contribution in [3.05, 3.63) is 59.1 Å². The topological polar surface area (TPSA) is 71.6 Å². The lowest BCUT2D eigenvalue weighted by Crippen LogP contribution is -2.48. The predicted octanol–water partition coefficient (Wildman–Crippen LogP) is 2.47. The number of hydrogen-bond acceptors (Lipinski definition) is 4. The van der Waals surface area contributed by atoms with E-state index < -0.39 is 0 Å². The molecule has 0 fully saturated rings. The molecule has 0 aliphatic heterocycles. The standard InChI is InChI=1S/C18H20ClN3O3S/c1-24-15-6-8-16(9-7-15)25-12-17(23)21-22-18(26)20-11-10-13-2-4-14(19)5-3-13/h2-9H,10-12H2,1H3,(H,21,23)(H2,20,22,26). The first kappa shape index (κ1) is 19.8. The number of benzene rings is 2. The van der Waals surface area contributed by atoms with E-state index in [2.05, 4.69) is 16.2 Å². The predicted molar refractivity (Wildman–Crippen MR) is 106 cm³/mol. The Morgan fingerprint density at radius 1 is 1.04 bits per heavy atom. The maximum atomic E-state index is 11.7. The molecule has 0 aliphatic rings. The number of methoxy groups -OCH3 is 1. The number of carbonyl (C=O) groups is 1. The van der Waals surface area contributed by atoms with Crippen LogP contribution in [0.15, 0.2) is 48.5 Å². The minimum absolute atomic E-state index is 0.132. The van der Waals surface area contributed by atoms with Gasteiger partial charge in [-0.1, -0.05) is 23.7 Å². The minimum atomic E-state index is -0.345. The molecule has 2 aromatic carbocycles. The van der Waals surface area contributed by atoms with E-state index in [0.717, 1.165) is 17.7 Å². The lowest BCUT2D eigenvalue weighted by atomic mass is 10.1. The van der Waals surface area contributed by atoms with Crippen LogP contribution in [0.4, 0.5) is 0 Å². The van der Waals surface area contributed by atoms with Crippen LogP contribution in [0.5, 0.6) is 11.5 Å². The highest BCUT2D eigenvalue weighted by Crippen LogP contribution is 2.16. The van der Waals surface area contributed by atoms with Gasteiger partial charge in [-0.15, -0.1) is 0 Å². The van der Waals surface area contributed by atoms with Gasteiger partial charge in [0.05, 0.1) is 7.11 Å². The number of hydrogen-bond donors (Lipinski definition) is 3. The number of halogens is 1. The molecule has 0 saturated carbocycles. The smallest absolute Gasteiger partial charge is 0.276 e. The van der Waals surface area contributed by atoms with E-state index in [1.807, 2.05) is 24.3 Å². The summed E-state index contributed by atoms with van der Waals surface area (Å²) < 4.78 is 10.4. The minimum Gasteiger partial charge on any atom is -0.497 e. The van der Waals surface area contributed by atoms with Crippen LogP contribution in [0.25, 0.3) is 0 Å². The van der Waals surface area contributed by atoms with Gasteiger partial charge >= 0.3 is 0 Å². The highest BCUT2D eigenvalue weighted by molar-refractivity contribution is 7.80. The van der Waals surface area contributed by atoms with Crippen molar-refractivity contribution in [2.24, 2.45) is 0 Å². The van der Waals surface area contributed by atoms with Crippen LogP contribution in [-0.4, -0.2) is 31.3 Å². The molecule has 6 nitrogen and oxygen atoms in total. The van der Waals surface area contributed by atoms with E-state index in [9.17, 15) is 4.79 Å². The molecule has 0 aliphatic carbocycles. The summed E-state index contributed by atoms with van der Waals surface area (Å²) in [5, 5.41) is 4.04. The van der Waals surface area contributed by atoms with Crippen molar-refractivity contribution in [2.75, 3.05) is 20.3 Å². The summed E-state index contributed by atoms with van der Waals surface area (Å²) in [6, 6.07) is 14.6. The van der Waals surface area contributed by atoms with Gasteiger partial charge in [0, 0.05) is 11.6 Å². The molecule has 0 heterocycles. The lowest BCUT2D eigenvalue weighted by molar-refractivity contribution is -0.123. The Labute approximate surface area is 162 Å². The van der Waals surface area contributed by atoms with Gasteiger partial charge in [-0.2, -0.15) is 0 Å². The van der Waals surface area contributed by atoms with Gasteiger partial charge in [0.2, 0.25) is 0 Å². The number of hydrazine groups is 1. The zero-order chi connectivity index (χ0) is 18.8. The molecular formula is C18H20ClN3O3S. The first-order valence-electron chi connectivity index (χ1n) is 7.91. The molecule has 0 aromatic heterocycles. The van der Waals surface area contributed by atoms with E-state index in [-0.39, 0.29) is 12.5 Å². The average Bonchev–Trinajstić information content (AvgIpc) is 2.66. The third kappa shape index (κ3) is 7.16. The summed E-state index contributed by atoms with van der Waals surface area (Å²) in [7, 11) is 1.58. The fourth-order valence-electron chi connectivity index (χ4n) is 2.00. The Morgan fingerprint density at radius 2 is 1.69 bits per heavy atom. The molecule has 26 heavy (non-hydrogen) atoms. The van der Waals surface area contributed by atoms with Crippen LogP contribution in [-0.2, 0) is 11.2 Å². The summed E-state index contributed by atoms with van der Waals surface area (Å²) in [5.74, 6) is 0.950. The summed E-state index contributed by atoms with van der Waals surface area (Å²) in [4.78, 5) is 11.7. The molecule has 8 heteroatoms. The highest BCUT2D eigenvalue weighted by atomic mass is 35.5. The fourth-order valence-corrected chi connectivity index (χ4v) is 2.28. The number of ether oxygens (including phenoxy) is 2. The molecule has 1 amide bonds. The van der Waals surface area contributed by atoms with Gasteiger partial charge in [0.1, 0.15) is 11.5 Å². The number of thiocarbonyl (C=S) groups is 1. The molecule has 138 valence electrons. The molecule has 3 N–H and O–H groups in total. The third-order valence-corrected chi connectivity index (χ3v) is 3.86. The third-order valence-electron chi connectivity index (χ3n) is 3.36. The second-order valence-electron chi connectivity index (χ2n) is 5.27. The zero-order valence-electron chi connectivity index (χ0n) is 14.3. The molecule has 2 aromatic rings. The molecular weight excluding hydrogens is 374 g/mol. The Morgan fingerprint density at radius 3 is 2.35 bits per heavy atom. The molecule has 2 rings (SSSR count). The van der Waals surface area contributed by atoms with Crippen molar-refractivity contribution in [3.63, 3.8) is 0 Å². The fraction of sp³-hybridized carbons (Fsp3) is 0.222. The maximum Gasteiger partial charge on any atom is 0.276 e. The summed E-state index contributed by atoms with van der Waals surface area (Å²) in [6.45, 7) is 0.498. The van der Waals surface area contributed by atoms with Gasteiger partial charge in [0.25, 0.3) is 5.91 Å². The summed E-state index contributed by atoms with van der Waals surface area (Å²) >= 11 is 10.9. The number of rotatable bonds is 7. The Bertz CT molecular complexity index is 723. The van der Waals surface area contributed by atoms with E-state index in [0.29, 0.717) is 22.4 Å². The highest BCUT2D eigenvalue weighted by Gasteiger charge is 2.04. The van der Waals surface area contributed by atoms with Crippen molar-refractivity contribution >= 4 is 34.8 Å². The Balaban J connectivity index is 1.60. The summed E-state index contributed by atoms with van der Waals surface area (Å²) in [5.41, 5.74) is 6.24. The molecule has 0 saturated heterocycles. The van der Waals surface area contributed by atoms with Gasteiger partial charge in [-0.3, -0.25) is 15.6 Å². The first-order chi connectivity index (χ1) is 12.6. The van der Waals surface area contributed by atoms with Gasteiger partial charge in [0.15, 0.2) is 11.7 Å². The van der Waals surface area contributed by atoms with E-state index >= 15 is 0 Å². The number of amides is 1. The van der Waals surface area contributed by atoms with Crippen LogP contribution >= 0.6 is 23.8 Å². The molecule has 0 atom stereocenters. The van der Waals surface area contributed by atoms with Gasteiger partial charge < -0.3 is 14.8 Å². The SMILES string of the molecule is COc1ccc(OCC(=O)NNC(=S)NCCc2ccc(Cl)cc2)cc1.